The lowest BCUT2D eigenvalue weighted by Crippen LogP contribution is -2.11. The quantitative estimate of drug-likeness (QED) is 0.628. The summed E-state index contributed by atoms with van der Waals surface area (Å²) in [4.78, 5) is 11.4. The molecule has 0 aromatic heterocycles. The molecule has 1 unspecified atom stereocenters. The zero-order valence-electron chi connectivity index (χ0n) is 9.86. The van der Waals surface area contributed by atoms with Crippen LogP contribution in [0.3, 0.4) is 0 Å². The largest absolute Gasteiger partial charge is 0.466 e. The molecule has 1 atom stereocenters. The second-order valence-corrected chi connectivity index (χ2v) is 4.28. The molecule has 0 aliphatic carbocycles. The number of ether oxygens (including phenoxy) is 1. The molecular formula is C13H17ClO3. The van der Waals surface area contributed by atoms with Gasteiger partial charge >= 0.3 is 5.97 Å². The van der Waals surface area contributed by atoms with Crippen LogP contribution in [0, 0.1) is 0 Å². The van der Waals surface area contributed by atoms with Gasteiger partial charge in [0.1, 0.15) is 0 Å². The first kappa shape index (κ1) is 14.0. The molecule has 0 saturated heterocycles. The van der Waals surface area contributed by atoms with Gasteiger partial charge in [-0.05, 0) is 24.1 Å². The van der Waals surface area contributed by atoms with Crippen LogP contribution in [-0.4, -0.2) is 17.7 Å². The van der Waals surface area contributed by atoms with E-state index in [0.717, 1.165) is 12.8 Å². The Morgan fingerprint density at radius 2 is 2.06 bits per heavy atom. The van der Waals surface area contributed by atoms with Gasteiger partial charge in [0, 0.05) is 5.02 Å². The lowest BCUT2D eigenvalue weighted by molar-refractivity contribution is -0.146. The molecule has 1 rings (SSSR count). The van der Waals surface area contributed by atoms with E-state index in [1.54, 1.807) is 24.3 Å². The van der Waals surface area contributed by atoms with Gasteiger partial charge in [-0.15, -0.1) is 0 Å². The van der Waals surface area contributed by atoms with Crippen LogP contribution in [0.25, 0.3) is 0 Å². The van der Waals surface area contributed by atoms with Crippen LogP contribution in [0.4, 0.5) is 0 Å². The van der Waals surface area contributed by atoms with Gasteiger partial charge in [0.2, 0.25) is 0 Å². The minimum absolute atomic E-state index is 0.0225. The SMILES string of the molecule is CCCCOC(=O)CC(O)c1ccc(Cl)cc1. The van der Waals surface area contributed by atoms with Crippen LogP contribution < -0.4 is 0 Å². The summed E-state index contributed by atoms with van der Waals surface area (Å²) in [5.74, 6) is -0.374. The van der Waals surface area contributed by atoms with E-state index in [2.05, 4.69) is 0 Å². The van der Waals surface area contributed by atoms with E-state index in [4.69, 9.17) is 16.3 Å². The first-order chi connectivity index (χ1) is 8.13. The Hall–Kier alpha value is -1.06. The minimum atomic E-state index is -0.832. The fourth-order valence-electron chi connectivity index (χ4n) is 1.35. The molecule has 0 saturated carbocycles. The summed E-state index contributed by atoms with van der Waals surface area (Å²) in [6, 6.07) is 6.77. The number of carbonyl (C=O) groups is 1. The summed E-state index contributed by atoms with van der Waals surface area (Å²) in [6.45, 7) is 2.44. The molecular weight excluding hydrogens is 240 g/mol. The molecule has 0 amide bonds. The number of rotatable bonds is 6. The first-order valence-electron chi connectivity index (χ1n) is 5.72. The smallest absolute Gasteiger partial charge is 0.308 e. The zero-order valence-corrected chi connectivity index (χ0v) is 10.6. The van der Waals surface area contributed by atoms with Crippen molar-refractivity contribution in [2.75, 3.05) is 6.61 Å². The molecule has 3 nitrogen and oxygen atoms in total. The zero-order chi connectivity index (χ0) is 12.7. The Morgan fingerprint density at radius 3 is 2.65 bits per heavy atom. The number of hydrogen-bond donors (Lipinski definition) is 1. The van der Waals surface area contributed by atoms with Crippen molar-refractivity contribution in [1.29, 1.82) is 0 Å². The van der Waals surface area contributed by atoms with E-state index in [9.17, 15) is 9.90 Å². The van der Waals surface area contributed by atoms with Crippen molar-refractivity contribution in [1.82, 2.24) is 0 Å². The van der Waals surface area contributed by atoms with Crippen molar-refractivity contribution in [3.8, 4) is 0 Å². The number of aliphatic hydroxyl groups excluding tert-OH is 1. The third-order valence-corrected chi connectivity index (χ3v) is 2.63. The fourth-order valence-corrected chi connectivity index (χ4v) is 1.48. The highest BCUT2D eigenvalue weighted by molar-refractivity contribution is 6.30. The lowest BCUT2D eigenvalue weighted by atomic mass is 10.1. The monoisotopic (exact) mass is 256 g/mol. The third-order valence-electron chi connectivity index (χ3n) is 2.38. The summed E-state index contributed by atoms with van der Waals surface area (Å²) < 4.78 is 4.97. The second-order valence-electron chi connectivity index (χ2n) is 3.85. The van der Waals surface area contributed by atoms with Gasteiger partial charge in [-0.2, -0.15) is 0 Å². The summed E-state index contributed by atoms with van der Waals surface area (Å²) in [7, 11) is 0. The summed E-state index contributed by atoms with van der Waals surface area (Å²) in [5.41, 5.74) is 0.668. The van der Waals surface area contributed by atoms with Crippen molar-refractivity contribution < 1.29 is 14.6 Å². The molecule has 0 spiro atoms. The van der Waals surface area contributed by atoms with Crippen LogP contribution in [0.5, 0.6) is 0 Å². The van der Waals surface area contributed by atoms with Gasteiger partial charge in [0.05, 0.1) is 19.1 Å². The highest BCUT2D eigenvalue weighted by atomic mass is 35.5. The van der Waals surface area contributed by atoms with Crippen molar-refractivity contribution in [2.45, 2.75) is 32.3 Å². The van der Waals surface area contributed by atoms with Crippen LogP contribution in [-0.2, 0) is 9.53 Å². The van der Waals surface area contributed by atoms with E-state index < -0.39 is 6.10 Å². The average molecular weight is 257 g/mol. The number of esters is 1. The number of aliphatic hydroxyl groups is 1. The van der Waals surface area contributed by atoms with Crippen LogP contribution in [0.1, 0.15) is 37.9 Å². The molecule has 17 heavy (non-hydrogen) atoms. The van der Waals surface area contributed by atoms with E-state index in [1.807, 2.05) is 6.92 Å². The summed E-state index contributed by atoms with van der Waals surface area (Å²) in [6.07, 6.45) is 0.975. The van der Waals surface area contributed by atoms with Gasteiger partial charge in [0.25, 0.3) is 0 Å². The molecule has 0 bridgehead atoms. The predicted octanol–water partition coefficient (Wildman–Crippen LogP) is 3.11. The number of unbranched alkanes of at least 4 members (excludes halogenated alkanes) is 1. The Kier molecular flexibility index (Phi) is 6.01. The van der Waals surface area contributed by atoms with Gasteiger partial charge in [-0.25, -0.2) is 0 Å². The number of halogens is 1. The van der Waals surface area contributed by atoms with Crippen LogP contribution in [0.15, 0.2) is 24.3 Å². The first-order valence-corrected chi connectivity index (χ1v) is 6.10. The molecule has 1 aromatic rings. The van der Waals surface area contributed by atoms with Crippen LogP contribution >= 0.6 is 11.6 Å². The maximum atomic E-state index is 11.4. The topological polar surface area (TPSA) is 46.5 Å². The van der Waals surface area contributed by atoms with Gasteiger partial charge in [-0.1, -0.05) is 37.1 Å². The normalized spacial score (nSPS) is 12.2. The third kappa shape index (κ3) is 5.20. The molecule has 4 heteroatoms. The van der Waals surface area contributed by atoms with Crippen molar-refractivity contribution in [3.05, 3.63) is 34.9 Å². The lowest BCUT2D eigenvalue weighted by Gasteiger charge is -2.10. The highest BCUT2D eigenvalue weighted by Crippen LogP contribution is 2.19. The van der Waals surface area contributed by atoms with Gasteiger partial charge in [-0.3, -0.25) is 4.79 Å². The van der Waals surface area contributed by atoms with Crippen LogP contribution in [0.2, 0.25) is 5.02 Å². The summed E-state index contributed by atoms with van der Waals surface area (Å²) in [5, 5.41) is 10.4. The minimum Gasteiger partial charge on any atom is -0.466 e. The van der Waals surface area contributed by atoms with Crippen molar-refractivity contribution in [2.24, 2.45) is 0 Å². The van der Waals surface area contributed by atoms with E-state index >= 15 is 0 Å². The molecule has 0 fully saturated rings. The number of hydrogen-bond acceptors (Lipinski definition) is 3. The van der Waals surface area contributed by atoms with Crippen molar-refractivity contribution in [3.63, 3.8) is 0 Å². The molecule has 0 aliphatic rings. The van der Waals surface area contributed by atoms with Gasteiger partial charge in [0.15, 0.2) is 0 Å². The molecule has 0 radical (unpaired) electrons. The number of carbonyl (C=O) groups excluding carboxylic acids is 1. The van der Waals surface area contributed by atoms with Crippen molar-refractivity contribution >= 4 is 17.6 Å². The molecule has 0 heterocycles. The second kappa shape index (κ2) is 7.30. The van der Waals surface area contributed by atoms with E-state index in [1.165, 1.54) is 0 Å². The van der Waals surface area contributed by atoms with E-state index in [0.29, 0.717) is 17.2 Å². The van der Waals surface area contributed by atoms with Gasteiger partial charge < -0.3 is 9.84 Å². The molecule has 1 aromatic carbocycles. The highest BCUT2D eigenvalue weighted by Gasteiger charge is 2.13. The predicted molar refractivity (Wildman–Crippen MR) is 66.9 cm³/mol. The van der Waals surface area contributed by atoms with E-state index in [-0.39, 0.29) is 12.4 Å². The summed E-state index contributed by atoms with van der Waals surface area (Å²) >= 11 is 5.73. The molecule has 94 valence electrons. The molecule has 1 N–H and O–H groups in total. The maximum absolute atomic E-state index is 11.4. The Bertz CT molecular complexity index is 348. The Morgan fingerprint density at radius 1 is 1.41 bits per heavy atom. The average Bonchev–Trinajstić information content (AvgIpc) is 2.30. The Balaban J connectivity index is 2.40. The molecule has 0 aliphatic heterocycles. The standard InChI is InChI=1S/C13H17ClO3/c1-2-3-8-17-13(16)9-12(15)10-4-6-11(14)7-5-10/h4-7,12,15H,2-3,8-9H2,1H3. The fraction of sp³-hybridized carbons (Fsp3) is 0.462. The number of benzene rings is 1. The Labute approximate surface area is 106 Å². The maximum Gasteiger partial charge on any atom is 0.308 e.